The Morgan fingerprint density at radius 2 is 1.88 bits per heavy atom. The van der Waals surface area contributed by atoms with Crippen LogP contribution in [0.4, 0.5) is 0 Å². The molecular formula is C18H22N2O4S. The first-order valence-electron chi connectivity index (χ1n) is 7.80. The van der Waals surface area contributed by atoms with Gasteiger partial charge < -0.3 is 9.47 Å². The fourth-order valence-electron chi connectivity index (χ4n) is 2.26. The number of aryl methyl sites for hydroxylation is 2. The number of nitrogens with zero attached hydrogens (tertiary/aromatic N) is 1. The molecule has 0 bridgehead atoms. The molecular weight excluding hydrogens is 340 g/mol. The number of hydrogen-bond donors (Lipinski definition) is 1. The minimum atomic E-state index is -3.72. The van der Waals surface area contributed by atoms with Crippen molar-refractivity contribution in [2.75, 3.05) is 13.7 Å². The van der Waals surface area contributed by atoms with Crippen molar-refractivity contribution in [3.63, 3.8) is 0 Å². The maximum absolute atomic E-state index is 12.4. The molecule has 0 radical (unpaired) electrons. The Morgan fingerprint density at radius 1 is 1.12 bits per heavy atom. The summed E-state index contributed by atoms with van der Waals surface area (Å²) in [6.07, 6.45) is 1.42. The van der Waals surface area contributed by atoms with Crippen molar-refractivity contribution in [1.82, 2.24) is 4.83 Å². The van der Waals surface area contributed by atoms with Gasteiger partial charge in [-0.15, -0.1) is 0 Å². The van der Waals surface area contributed by atoms with Gasteiger partial charge in [0.25, 0.3) is 10.0 Å². The predicted molar refractivity (Wildman–Crippen MR) is 98.0 cm³/mol. The number of benzene rings is 2. The third kappa shape index (κ3) is 4.73. The highest BCUT2D eigenvalue weighted by Gasteiger charge is 2.15. The molecule has 25 heavy (non-hydrogen) atoms. The Morgan fingerprint density at radius 3 is 2.56 bits per heavy atom. The number of ether oxygens (including phenoxy) is 2. The molecule has 1 N–H and O–H groups in total. The molecule has 0 aliphatic heterocycles. The minimum absolute atomic E-state index is 0.217. The van der Waals surface area contributed by atoms with Gasteiger partial charge in [0.2, 0.25) is 0 Å². The number of rotatable bonds is 7. The Hall–Kier alpha value is -2.54. The van der Waals surface area contributed by atoms with E-state index >= 15 is 0 Å². The van der Waals surface area contributed by atoms with Gasteiger partial charge in [0.1, 0.15) is 0 Å². The Kier molecular flexibility index (Phi) is 6.03. The minimum Gasteiger partial charge on any atom is -0.493 e. The normalized spacial score (nSPS) is 11.5. The Bertz CT molecular complexity index is 877. The van der Waals surface area contributed by atoms with Gasteiger partial charge in [-0.2, -0.15) is 13.5 Å². The molecule has 2 aromatic carbocycles. The first-order valence-corrected chi connectivity index (χ1v) is 9.28. The van der Waals surface area contributed by atoms with Crippen LogP contribution in [-0.4, -0.2) is 28.3 Å². The van der Waals surface area contributed by atoms with Crippen molar-refractivity contribution in [2.24, 2.45) is 5.10 Å². The SMILES string of the molecule is CCOc1ccc(/C=N/NS(=O)(=O)c2cc(C)ccc2C)cc1OC. The number of hydrogen-bond acceptors (Lipinski definition) is 5. The number of hydrazone groups is 1. The number of methoxy groups -OCH3 is 1. The summed E-state index contributed by atoms with van der Waals surface area (Å²) in [5.74, 6) is 1.18. The molecule has 0 saturated heterocycles. The molecule has 134 valence electrons. The highest BCUT2D eigenvalue weighted by atomic mass is 32.2. The van der Waals surface area contributed by atoms with Crippen LogP contribution >= 0.6 is 0 Å². The lowest BCUT2D eigenvalue weighted by atomic mass is 10.2. The molecule has 0 saturated carbocycles. The lowest BCUT2D eigenvalue weighted by molar-refractivity contribution is 0.311. The van der Waals surface area contributed by atoms with E-state index in [0.717, 1.165) is 5.56 Å². The highest BCUT2D eigenvalue weighted by Crippen LogP contribution is 2.27. The average molecular weight is 362 g/mol. The fraction of sp³-hybridized carbons (Fsp3) is 0.278. The van der Waals surface area contributed by atoms with Crippen LogP contribution in [0.15, 0.2) is 46.4 Å². The van der Waals surface area contributed by atoms with Crippen LogP contribution in [0, 0.1) is 13.8 Å². The molecule has 0 atom stereocenters. The molecule has 6 nitrogen and oxygen atoms in total. The molecule has 2 rings (SSSR count). The first kappa shape index (κ1) is 18.8. The molecule has 0 spiro atoms. The number of nitrogens with one attached hydrogen (secondary N) is 1. The quantitative estimate of drug-likeness (QED) is 0.607. The lowest BCUT2D eigenvalue weighted by Crippen LogP contribution is -2.19. The summed E-state index contributed by atoms with van der Waals surface area (Å²) < 4.78 is 35.5. The Labute approximate surface area is 148 Å². The Balaban J connectivity index is 2.18. The summed E-state index contributed by atoms with van der Waals surface area (Å²) in [6.45, 7) is 6.00. The molecule has 0 fully saturated rings. The third-order valence-electron chi connectivity index (χ3n) is 3.51. The molecule has 0 aliphatic carbocycles. The molecule has 0 unspecified atom stereocenters. The van der Waals surface area contributed by atoms with Crippen molar-refractivity contribution < 1.29 is 17.9 Å². The van der Waals surface area contributed by atoms with Crippen molar-refractivity contribution in [3.8, 4) is 11.5 Å². The van der Waals surface area contributed by atoms with Gasteiger partial charge in [-0.05, 0) is 61.7 Å². The second-order valence-corrected chi connectivity index (χ2v) is 7.09. The first-order chi connectivity index (χ1) is 11.9. The monoisotopic (exact) mass is 362 g/mol. The summed E-state index contributed by atoms with van der Waals surface area (Å²) in [5.41, 5.74) is 2.21. The summed E-state index contributed by atoms with van der Waals surface area (Å²) in [5, 5.41) is 3.85. The van der Waals surface area contributed by atoms with Crippen molar-refractivity contribution in [1.29, 1.82) is 0 Å². The van der Waals surface area contributed by atoms with Crippen LogP contribution in [0.5, 0.6) is 11.5 Å². The fourth-order valence-corrected chi connectivity index (χ4v) is 3.38. The zero-order chi connectivity index (χ0) is 18.4. The van der Waals surface area contributed by atoms with Gasteiger partial charge in [0, 0.05) is 0 Å². The van der Waals surface area contributed by atoms with E-state index in [0.29, 0.717) is 29.2 Å². The summed E-state index contributed by atoms with van der Waals surface area (Å²) in [6, 6.07) is 10.5. The maximum Gasteiger partial charge on any atom is 0.276 e. The van der Waals surface area contributed by atoms with E-state index in [1.807, 2.05) is 19.9 Å². The molecule has 2 aromatic rings. The van der Waals surface area contributed by atoms with Crippen molar-refractivity contribution >= 4 is 16.2 Å². The second kappa shape index (κ2) is 8.02. The van der Waals surface area contributed by atoms with Crippen LogP contribution in [0.3, 0.4) is 0 Å². The second-order valence-electron chi connectivity index (χ2n) is 5.47. The van der Waals surface area contributed by atoms with Crippen LogP contribution < -0.4 is 14.3 Å². The van der Waals surface area contributed by atoms with Gasteiger partial charge in [0.05, 0.1) is 24.8 Å². The van der Waals surface area contributed by atoms with Gasteiger partial charge in [-0.25, -0.2) is 4.83 Å². The van der Waals surface area contributed by atoms with Crippen LogP contribution in [-0.2, 0) is 10.0 Å². The van der Waals surface area contributed by atoms with Crippen molar-refractivity contribution in [2.45, 2.75) is 25.7 Å². The maximum atomic E-state index is 12.4. The van der Waals surface area contributed by atoms with Crippen LogP contribution in [0.1, 0.15) is 23.6 Å². The largest absolute Gasteiger partial charge is 0.493 e. The van der Waals surface area contributed by atoms with Crippen molar-refractivity contribution in [3.05, 3.63) is 53.1 Å². The van der Waals surface area contributed by atoms with E-state index in [4.69, 9.17) is 9.47 Å². The van der Waals surface area contributed by atoms with Crippen LogP contribution in [0.25, 0.3) is 0 Å². The molecule has 0 aliphatic rings. The van der Waals surface area contributed by atoms with Gasteiger partial charge >= 0.3 is 0 Å². The van der Waals surface area contributed by atoms with Gasteiger partial charge in [0.15, 0.2) is 11.5 Å². The van der Waals surface area contributed by atoms with E-state index in [2.05, 4.69) is 9.93 Å². The number of sulfonamides is 1. The highest BCUT2D eigenvalue weighted by molar-refractivity contribution is 7.89. The molecule has 0 amide bonds. The van der Waals surface area contributed by atoms with E-state index in [9.17, 15) is 8.42 Å². The van der Waals surface area contributed by atoms with E-state index in [1.54, 1.807) is 44.4 Å². The molecule has 0 aromatic heterocycles. The summed E-state index contributed by atoms with van der Waals surface area (Å²) in [7, 11) is -2.18. The van der Waals surface area contributed by atoms with Gasteiger partial charge in [-0.1, -0.05) is 12.1 Å². The van der Waals surface area contributed by atoms with E-state index < -0.39 is 10.0 Å². The van der Waals surface area contributed by atoms with E-state index in [-0.39, 0.29) is 4.90 Å². The van der Waals surface area contributed by atoms with E-state index in [1.165, 1.54) is 6.21 Å². The summed E-state index contributed by atoms with van der Waals surface area (Å²) in [4.78, 5) is 2.46. The lowest BCUT2D eigenvalue weighted by Gasteiger charge is -2.09. The third-order valence-corrected chi connectivity index (χ3v) is 4.87. The average Bonchev–Trinajstić information content (AvgIpc) is 2.58. The topological polar surface area (TPSA) is 77.0 Å². The standard InChI is InChI=1S/C18H22N2O4S/c1-5-24-16-9-8-15(11-17(16)23-4)12-19-20-25(21,22)18-10-13(2)6-7-14(18)3/h6-12,20H,5H2,1-4H3/b19-12+. The zero-order valence-electron chi connectivity index (χ0n) is 14.7. The molecule has 0 heterocycles. The smallest absolute Gasteiger partial charge is 0.276 e. The zero-order valence-corrected chi connectivity index (χ0v) is 15.6. The van der Waals surface area contributed by atoms with Crippen LogP contribution in [0.2, 0.25) is 0 Å². The van der Waals surface area contributed by atoms with Gasteiger partial charge in [-0.3, -0.25) is 0 Å². The predicted octanol–water partition coefficient (Wildman–Crippen LogP) is 3.02. The summed E-state index contributed by atoms with van der Waals surface area (Å²) >= 11 is 0. The molecule has 7 heteroatoms.